The molecule has 0 N–H and O–H groups in total. The van der Waals surface area contributed by atoms with Crippen LogP contribution in [0, 0.1) is 5.92 Å². The molecule has 3 heterocycles. The summed E-state index contributed by atoms with van der Waals surface area (Å²) in [5.41, 5.74) is 2.06. The van der Waals surface area contributed by atoms with E-state index in [1.807, 2.05) is 77.8 Å². The molecule has 1 aliphatic heterocycles. The monoisotopic (exact) mass is 438 g/mol. The van der Waals surface area contributed by atoms with Gasteiger partial charge in [-0.25, -0.2) is 4.68 Å². The van der Waals surface area contributed by atoms with E-state index in [2.05, 4.69) is 32.3 Å². The standard InChI is InChI=1S/C26H26N6O/c33-26(31(23-10-5-2-6-11-23)20-21-8-3-1-4-9-21)22-14-18-30(19-15-22)24-12-13-25(29-28-24)32-17-7-16-27-32/h1-13,16-17,22H,14-15,18-20H2. The van der Waals surface area contributed by atoms with E-state index in [4.69, 9.17) is 0 Å². The third kappa shape index (κ3) is 4.77. The van der Waals surface area contributed by atoms with Crippen LogP contribution in [-0.2, 0) is 11.3 Å². The highest BCUT2D eigenvalue weighted by Crippen LogP contribution is 2.27. The van der Waals surface area contributed by atoms with E-state index in [-0.39, 0.29) is 11.8 Å². The minimum Gasteiger partial charge on any atom is -0.355 e. The SMILES string of the molecule is O=C(C1CCN(c2ccc(-n3cccn3)nn2)CC1)N(Cc1ccccc1)c1ccccc1. The molecule has 5 rings (SSSR count). The fourth-order valence-electron chi connectivity index (χ4n) is 4.26. The number of nitrogens with zero attached hydrogens (tertiary/aromatic N) is 6. The molecule has 1 aliphatic rings. The van der Waals surface area contributed by atoms with Gasteiger partial charge in [-0.05, 0) is 48.7 Å². The van der Waals surface area contributed by atoms with Crippen molar-refractivity contribution in [3.05, 3.63) is 96.8 Å². The molecule has 1 fully saturated rings. The summed E-state index contributed by atoms with van der Waals surface area (Å²) in [6.45, 7) is 2.13. The number of amides is 1. The van der Waals surface area contributed by atoms with Crippen LogP contribution in [0.2, 0.25) is 0 Å². The summed E-state index contributed by atoms with van der Waals surface area (Å²) in [5.74, 6) is 1.69. The van der Waals surface area contributed by atoms with Gasteiger partial charge in [-0.2, -0.15) is 5.10 Å². The van der Waals surface area contributed by atoms with Gasteiger partial charge in [-0.3, -0.25) is 4.79 Å². The van der Waals surface area contributed by atoms with E-state index in [0.717, 1.165) is 43.0 Å². The summed E-state index contributed by atoms with van der Waals surface area (Å²) in [4.78, 5) is 17.7. The lowest BCUT2D eigenvalue weighted by Crippen LogP contribution is -2.42. The van der Waals surface area contributed by atoms with Crippen LogP contribution in [0.15, 0.2) is 91.3 Å². The number of aromatic nitrogens is 4. The summed E-state index contributed by atoms with van der Waals surface area (Å²) in [6, 6.07) is 25.9. The molecule has 0 bridgehead atoms. The van der Waals surface area contributed by atoms with Gasteiger partial charge in [0, 0.05) is 37.1 Å². The Morgan fingerprint density at radius 3 is 2.15 bits per heavy atom. The number of hydrogen-bond acceptors (Lipinski definition) is 5. The molecule has 0 unspecified atom stereocenters. The van der Waals surface area contributed by atoms with Crippen molar-refractivity contribution in [2.75, 3.05) is 22.9 Å². The Hall–Kier alpha value is -4.00. The van der Waals surface area contributed by atoms with Gasteiger partial charge in [-0.15, -0.1) is 10.2 Å². The molecule has 0 radical (unpaired) electrons. The van der Waals surface area contributed by atoms with Gasteiger partial charge in [-0.1, -0.05) is 48.5 Å². The Kier molecular flexibility index (Phi) is 6.10. The molecule has 7 heteroatoms. The normalized spacial score (nSPS) is 14.2. The molecule has 0 atom stereocenters. The average Bonchev–Trinajstić information content (AvgIpc) is 3.43. The smallest absolute Gasteiger partial charge is 0.230 e. The molecule has 0 aliphatic carbocycles. The van der Waals surface area contributed by atoms with Crippen LogP contribution < -0.4 is 9.80 Å². The number of anilines is 2. The highest BCUT2D eigenvalue weighted by molar-refractivity contribution is 5.95. The number of carbonyl (C=O) groups excluding carboxylic acids is 1. The van der Waals surface area contributed by atoms with E-state index >= 15 is 0 Å². The number of carbonyl (C=O) groups is 1. The first-order valence-electron chi connectivity index (χ1n) is 11.3. The second-order valence-corrected chi connectivity index (χ2v) is 8.21. The van der Waals surface area contributed by atoms with Crippen LogP contribution in [0.3, 0.4) is 0 Å². The van der Waals surface area contributed by atoms with Crippen molar-refractivity contribution in [3.63, 3.8) is 0 Å². The van der Waals surface area contributed by atoms with Gasteiger partial charge in [0.05, 0.1) is 6.54 Å². The fraction of sp³-hybridized carbons (Fsp3) is 0.231. The first-order chi connectivity index (χ1) is 16.3. The summed E-state index contributed by atoms with van der Waals surface area (Å²) in [6.07, 6.45) is 5.14. The zero-order valence-electron chi connectivity index (χ0n) is 18.4. The molecule has 2 aromatic carbocycles. The second-order valence-electron chi connectivity index (χ2n) is 8.21. The van der Waals surface area contributed by atoms with E-state index < -0.39 is 0 Å². The number of rotatable bonds is 6. The summed E-state index contributed by atoms with van der Waals surface area (Å²) >= 11 is 0. The first-order valence-corrected chi connectivity index (χ1v) is 11.3. The van der Waals surface area contributed by atoms with Crippen molar-refractivity contribution in [1.82, 2.24) is 20.0 Å². The molecular weight excluding hydrogens is 412 g/mol. The Morgan fingerprint density at radius 2 is 1.52 bits per heavy atom. The van der Waals surface area contributed by atoms with Gasteiger partial charge < -0.3 is 9.80 Å². The maximum Gasteiger partial charge on any atom is 0.230 e. The highest BCUT2D eigenvalue weighted by Gasteiger charge is 2.30. The third-order valence-corrected chi connectivity index (χ3v) is 6.06. The molecule has 1 saturated heterocycles. The van der Waals surface area contributed by atoms with Crippen molar-refractivity contribution in [2.24, 2.45) is 5.92 Å². The van der Waals surface area contributed by atoms with Gasteiger partial charge in [0.2, 0.25) is 5.91 Å². The Labute approximate surface area is 193 Å². The average molecular weight is 439 g/mol. The Bertz CT molecular complexity index is 1150. The Balaban J connectivity index is 1.26. The lowest BCUT2D eigenvalue weighted by atomic mass is 9.94. The van der Waals surface area contributed by atoms with Crippen molar-refractivity contribution < 1.29 is 4.79 Å². The predicted octanol–water partition coefficient (Wildman–Crippen LogP) is 4.11. The summed E-state index contributed by atoms with van der Waals surface area (Å²) < 4.78 is 1.69. The summed E-state index contributed by atoms with van der Waals surface area (Å²) in [5, 5.41) is 12.9. The minimum absolute atomic E-state index is 0.0125. The van der Waals surface area contributed by atoms with Crippen molar-refractivity contribution in [3.8, 4) is 5.82 Å². The van der Waals surface area contributed by atoms with Gasteiger partial charge in [0.15, 0.2) is 11.6 Å². The lowest BCUT2D eigenvalue weighted by Gasteiger charge is -2.34. The molecular formula is C26H26N6O. The van der Waals surface area contributed by atoms with E-state index in [1.165, 1.54) is 0 Å². The Morgan fingerprint density at radius 1 is 0.848 bits per heavy atom. The zero-order chi connectivity index (χ0) is 22.5. The maximum absolute atomic E-state index is 13.6. The quantitative estimate of drug-likeness (QED) is 0.453. The molecule has 4 aromatic rings. The van der Waals surface area contributed by atoms with Crippen LogP contribution in [0.1, 0.15) is 18.4 Å². The van der Waals surface area contributed by atoms with Crippen molar-refractivity contribution in [1.29, 1.82) is 0 Å². The van der Waals surface area contributed by atoms with Crippen LogP contribution in [-0.4, -0.2) is 39.0 Å². The third-order valence-electron chi connectivity index (χ3n) is 6.06. The molecule has 0 spiro atoms. The van der Waals surface area contributed by atoms with Crippen LogP contribution in [0.25, 0.3) is 5.82 Å². The number of para-hydroxylation sites is 1. The van der Waals surface area contributed by atoms with Crippen molar-refractivity contribution >= 4 is 17.4 Å². The second kappa shape index (κ2) is 9.65. The molecule has 0 saturated carbocycles. The zero-order valence-corrected chi connectivity index (χ0v) is 18.4. The van der Waals surface area contributed by atoms with E-state index in [0.29, 0.717) is 12.4 Å². The lowest BCUT2D eigenvalue weighted by molar-refractivity contribution is -0.123. The van der Waals surface area contributed by atoms with Gasteiger partial charge in [0.1, 0.15) is 0 Å². The molecule has 7 nitrogen and oxygen atoms in total. The molecule has 2 aromatic heterocycles. The number of piperidine rings is 1. The predicted molar refractivity (Wildman–Crippen MR) is 128 cm³/mol. The first kappa shape index (κ1) is 20.9. The van der Waals surface area contributed by atoms with Crippen LogP contribution in [0.5, 0.6) is 0 Å². The summed E-state index contributed by atoms with van der Waals surface area (Å²) in [7, 11) is 0. The molecule has 33 heavy (non-hydrogen) atoms. The van der Waals surface area contributed by atoms with Crippen molar-refractivity contribution in [2.45, 2.75) is 19.4 Å². The largest absolute Gasteiger partial charge is 0.355 e. The highest BCUT2D eigenvalue weighted by atomic mass is 16.2. The number of hydrogen-bond donors (Lipinski definition) is 0. The topological polar surface area (TPSA) is 67.2 Å². The molecule has 1 amide bonds. The molecule has 166 valence electrons. The van der Waals surface area contributed by atoms with Gasteiger partial charge >= 0.3 is 0 Å². The van der Waals surface area contributed by atoms with Gasteiger partial charge in [0.25, 0.3) is 0 Å². The maximum atomic E-state index is 13.6. The van der Waals surface area contributed by atoms with Crippen LogP contribution >= 0.6 is 0 Å². The van der Waals surface area contributed by atoms with E-state index in [9.17, 15) is 4.79 Å². The number of benzene rings is 2. The van der Waals surface area contributed by atoms with E-state index in [1.54, 1.807) is 10.9 Å². The fourth-order valence-corrected chi connectivity index (χ4v) is 4.26. The minimum atomic E-state index is -0.0125. The van der Waals surface area contributed by atoms with Crippen LogP contribution in [0.4, 0.5) is 11.5 Å².